The molecule has 6 heteroatoms. The maximum absolute atomic E-state index is 12.8. The molecule has 0 N–H and O–H groups in total. The fraction of sp³-hybridized carbons (Fsp3) is 0.471. The number of piperazine rings is 1. The van der Waals surface area contributed by atoms with Gasteiger partial charge in [-0.15, -0.1) is 0 Å². The Balaban J connectivity index is 1.80. The fourth-order valence-electron chi connectivity index (χ4n) is 3.14. The van der Waals surface area contributed by atoms with Crippen molar-refractivity contribution in [1.29, 1.82) is 0 Å². The largest absolute Gasteiger partial charge is 0.403 e. The van der Waals surface area contributed by atoms with E-state index in [9.17, 15) is 13.2 Å². The lowest BCUT2D eigenvalue weighted by molar-refractivity contribution is -0.179. The quantitative estimate of drug-likeness (QED) is 0.841. The minimum absolute atomic E-state index is 0.413. The molecule has 2 aromatic rings. The number of pyridine rings is 1. The zero-order valence-electron chi connectivity index (χ0n) is 13.3. The van der Waals surface area contributed by atoms with E-state index < -0.39 is 12.2 Å². The molecule has 0 bridgehead atoms. The van der Waals surface area contributed by atoms with Crippen molar-refractivity contribution >= 4 is 16.6 Å². The molecule has 1 aromatic heterocycles. The molecular formula is C17H20F3N3. The molecule has 0 saturated carbocycles. The van der Waals surface area contributed by atoms with E-state index >= 15 is 0 Å². The smallest absolute Gasteiger partial charge is 0.368 e. The number of aryl methyl sites for hydroxylation is 1. The molecule has 1 aliphatic heterocycles. The van der Waals surface area contributed by atoms with Gasteiger partial charge in [0.25, 0.3) is 0 Å². The van der Waals surface area contributed by atoms with Crippen LogP contribution in [0.2, 0.25) is 0 Å². The van der Waals surface area contributed by atoms with Crippen molar-refractivity contribution in [1.82, 2.24) is 9.88 Å². The lowest BCUT2D eigenvalue weighted by atomic mass is 10.1. The number of halogens is 3. The summed E-state index contributed by atoms with van der Waals surface area (Å²) in [6.45, 7) is 5.26. The van der Waals surface area contributed by atoms with Crippen LogP contribution in [0.15, 0.2) is 30.5 Å². The lowest BCUT2D eigenvalue weighted by Crippen LogP contribution is -2.53. The Hall–Kier alpha value is -1.82. The van der Waals surface area contributed by atoms with Crippen molar-refractivity contribution < 1.29 is 13.2 Å². The number of rotatable bonds is 2. The molecule has 1 unspecified atom stereocenters. The van der Waals surface area contributed by atoms with Crippen LogP contribution in [0.4, 0.5) is 18.9 Å². The summed E-state index contributed by atoms with van der Waals surface area (Å²) in [4.78, 5) is 8.09. The number of hydrogen-bond acceptors (Lipinski definition) is 3. The minimum atomic E-state index is -4.16. The van der Waals surface area contributed by atoms with Crippen LogP contribution in [-0.4, -0.2) is 48.3 Å². The first-order valence-electron chi connectivity index (χ1n) is 7.78. The van der Waals surface area contributed by atoms with Crippen LogP contribution in [0.3, 0.4) is 0 Å². The van der Waals surface area contributed by atoms with Gasteiger partial charge in [0.05, 0.1) is 5.52 Å². The zero-order valence-corrected chi connectivity index (χ0v) is 13.3. The molecule has 23 heavy (non-hydrogen) atoms. The standard InChI is InChI=1S/C17H20F3N3/c1-12-4-3-5-14-15(6-7-21-16(12)14)23-10-8-22(9-11-23)13(2)17(18,19)20/h3-7,13H,8-11H2,1-2H3. The van der Waals surface area contributed by atoms with Gasteiger partial charge in [0, 0.05) is 43.4 Å². The predicted molar refractivity (Wildman–Crippen MR) is 85.8 cm³/mol. The Morgan fingerprint density at radius 3 is 2.43 bits per heavy atom. The van der Waals surface area contributed by atoms with Gasteiger partial charge in [-0.05, 0) is 25.5 Å². The Morgan fingerprint density at radius 2 is 1.78 bits per heavy atom. The highest BCUT2D eigenvalue weighted by atomic mass is 19.4. The summed E-state index contributed by atoms with van der Waals surface area (Å²) in [7, 11) is 0. The average molecular weight is 323 g/mol. The number of para-hydroxylation sites is 1. The van der Waals surface area contributed by atoms with E-state index in [0.29, 0.717) is 26.2 Å². The Kier molecular flexibility index (Phi) is 4.19. The van der Waals surface area contributed by atoms with E-state index in [0.717, 1.165) is 22.2 Å². The molecule has 0 radical (unpaired) electrons. The van der Waals surface area contributed by atoms with Crippen molar-refractivity contribution in [2.24, 2.45) is 0 Å². The number of anilines is 1. The van der Waals surface area contributed by atoms with Crippen molar-refractivity contribution in [2.75, 3.05) is 31.1 Å². The fourth-order valence-corrected chi connectivity index (χ4v) is 3.14. The van der Waals surface area contributed by atoms with Crippen LogP contribution in [-0.2, 0) is 0 Å². The molecule has 0 aliphatic carbocycles. The highest BCUT2D eigenvalue weighted by Crippen LogP contribution is 2.30. The number of hydrogen-bond donors (Lipinski definition) is 0. The lowest BCUT2D eigenvalue weighted by Gasteiger charge is -2.39. The highest BCUT2D eigenvalue weighted by Gasteiger charge is 2.40. The molecule has 3 nitrogen and oxygen atoms in total. The normalized spacial score (nSPS) is 18.4. The van der Waals surface area contributed by atoms with E-state index in [4.69, 9.17) is 0 Å². The summed E-state index contributed by atoms with van der Waals surface area (Å²) in [6, 6.07) is 6.59. The molecule has 124 valence electrons. The molecular weight excluding hydrogens is 303 g/mol. The third-order valence-corrected chi connectivity index (χ3v) is 4.63. The SMILES string of the molecule is Cc1cccc2c(N3CCN(C(C)C(F)(F)F)CC3)ccnc12. The average Bonchev–Trinajstić information content (AvgIpc) is 2.53. The van der Waals surface area contributed by atoms with Gasteiger partial charge in [-0.2, -0.15) is 13.2 Å². The first kappa shape index (κ1) is 16.1. The molecule has 2 heterocycles. The molecule has 1 fully saturated rings. The van der Waals surface area contributed by atoms with Gasteiger partial charge in [-0.25, -0.2) is 0 Å². The predicted octanol–water partition coefficient (Wildman–Crippen LogP) is 3.62. The van der Waals surface area contributed by atoms with Crippen LogP contribution >= 0.6 is 0 Å². The number of aromatic nitrogens is 1. The molecule has 1 saturated heterocycles. The van der Waals surface area contributed by atoms with Gasteiger partial charge >= 0.3 is 6.18 Å². The first-order chi connectivity index (χ1) is 10.9. The summed E-state index contributed by atoms with van der Waals surface area (Å²) in [5.74, 6) is 0. The van der Waals surface area contributed by atoms with Crippen molar-refractivity contribution in [3.05, 3.63) is 36.0 Å². The van der Waals surface area contributed by atoms with Gasteiger partial charge < -0.3 is 4.90 Å². The van der Waals surface area contributed by atoms with Crippen molar-refractivity contribution in [3.8, 4) is 0 Å². The second kappa shape index (κ2) is 6.00. The van der Waals surface area contributed by atoms with Crippen molar-refractivity contribution in [3.63, 3.8) is 0 Å². The number of fused-ring (bicyclic) bond motifs is 1. The molecule has 1 aliphatic rings. The van der Waals surface area contributed by atoms with Gasteiger partial charge in [0.15, 0.2) is 0 Å². The first-order valence-corrected chi connectivity index (χ1v) is 7.78. The summed E-state index contributed by atoms with van der Waals surface area (Å²) in [6.07, 6.45) is -2.39. The van der Waals surface area contributed by atoms with E-state index in [-0.39, 0.29) is 0 Å². The van der Waals surface area contributed by atoms with Crippen LogP contribution in [0.5, 0.6) is 0 Å². The van der Waals surface area contributed by atoms with E-state index in [1.54, 1.807) is 6.20 Å². The summed E-state index contributed by atoms with van der Waals surface area (Å²) < 4.78 is 38.5. The van der Waals surface area contributed by atoms with E-state index in [2.05, 4.69) is 9.88 Å². The summed E-state index contributed by atoms with van der Waals surface area (Å²) in [5, 5.41) is 1.06. The number of alkyl halides is 3. The summed E-state index contributed by atoms with van der Waals surface area (Å²) in [5.41, 5.74) is 3.11. The maximum atomic E-state index is 12.8. The third-order valence-electron chi connectivity index (χ3n) is 4.63. The number of nitrogens with zero attached hydrogens (tertiary/aromatic N) is 3. The molecule has 1 aromatic carbocycles. The van der Waals surface area contributed by atoms with Gasteiger partial charge in [0.2, 0.25) is 0 Å². The van der Waals surface area contributed by atoms with Crippen molar-refractivity contribution in [2.45, 2.75) is 26.1 Å². The van der Waals surface area contributed by atoms with Gasteiger partial charge in [-0.3, -0.25) is 9.88 Å². The van der Waals surface area contributed by atoms with Gasteiger partial charge in [-0.1, -0.05) is 18.2 Å². The van der Waals surface area contributed by atoms with Crippen LogP contribution in [0, 0.1) is 6.92 Å². The van der Waals surface area contributed by atoms with Gasteiger partial charge in [0.1, 0.15) is 6.04 Å². The van der Waals surface area contributed by atoms with E-state index in [1.807, 2.05) is 31.2 Å². The summed E-state index contributed by atoms with van der Waals surface area (Å²) >= 11 is 0. The van der Waals surface area contributed by atoms with Crippen LogP contribution < -0.4 is 4.90 Å². The Bertz CT molecular complexity index is 691. The Labute approximate surface area is 133 Å². The highest BCUT2D eigenvalue weighted by molar-refractivity contribution is 5.93. The molecule has 0 amide bonds. The topological polar surface area (TPSA) is 19.4 Å². The molecule has 3 rings (SSSR count). The van der Waals surface area contributed by atoms with E-state index in [1.165, 1.54) is 11.8 Å². The molecule has 1 atom stereocenters. The zero-order chi connectivity index (χ0) is 16.6. The second-order valence-electron chi connectivity index (χ2n) is 6.04. The second-order valence-corrected chi connectivity index (χ2v) is 6.04. The van der Waals surface area contributed by atoms with Crippen LogP contribution in [0.25, 0.3) is 10.9 Å². The minimum Gasteiger partial charge on any atom is -0.368 e. The maximum Gasteiger partial charge on any atom is 0.403 e. The van der Waals surface area contributed by atoms with Crippen LogP contribution in [0.1, 0.15) is 12.5 Å². The number of benzene rings is 1. The Morgan fingerprint density at radius 1 is 1.09 bits per heavy atom. The molecule has 0 spiro atoms. The monoisotopic (exact) mass is 323 g/mol. The third kappa shape index (κ3) is 3.13.